The number of anilines is 1. The smallest absolute Gasteiger partial charge is 0.274 e. The summed E-state index contributed by atoms with van der Waals surface area (Å²) in [5.41, 5.74) is 1.09. The molecule has 5 nitrogen and oxygen atoms in total. The molecule has 0 atom stereocenters. The molecule has 1 aromatic heterocycles. The first kappa shape index (κ1) is 12.6. The zero-order valence-electron chi connectivity index (χ0n) is 9.98. The fourth-order valence-corrected chi connectivity index (χ4v) is 1.90. The number of ether oxygens (including phenoxy) is 1. The lowest BCUT2D eigenvalue weighted by molar-refractivity contribution is 0.101. The van der Waals surface area contributed by atoms with Crippen LogP contribution in [-0.4, -0.2) is 22.6 Å². The number of aromatic nitrogens is 2. The Bertz CT molecular complexity index is 580. The Morgan fingerprint density at radius 1 is 1.50 bits per heavy atom. The lowest BCUT2D eigenvalue weighted by Gasteiger charge is -2.10. The van der Waals surface area contributed by atoms with Gasteiger partial charge in [-0.05, 0) is 18.2 Å². The number of aryl methyl sites for hydroxylation is 1. The van der Waals surface area contributed by atoms with Crippen LogP contribution in [0.15, 0.2) is 35.2 Å². The van der Waals surface area contributed by atoms with Crippen LogP contribution in [0.4, 0.5) is 5.69 Å². The van der Waals surface area contributed by atoms with Crippen molar-refractivity contribution in [2.45, 2.75) is 0 Å². The number of methoxy groups -OCH3 is 1. The summed E-state index contributed by atoms with van der Waals surface area (Å²) in [6.45, 7) is 0. The highest BCUT2D eigenvalue weighted by molar-refractivity contribution is 9.10. The van der Waals surface area contributed by atoms with Gasteiger partial charge >= 0.3 is 0 Å². The molecule has 1 heterocycles. The fourth-order valence-electron chi connectivity index (χ4n) is 1.54. The molecule has 0 saturated heterocycles. The van der Waals surface area contributed by atoms with Crippen LogP contribution in [0.25, 0.3) is 0 Å². The van der Waals surface area contributed by atoms with E-state index in [4.69, 9.17) is 4.74 Å². The second-order valence-corrected chi connectivity index (χ2v) is 4.60. The van der Waals surface area contributed by atoms with Gasteiger partial charge in [0.15, 0.2) is 0 Å². The van der Waals surface area contributed by atoms with E-state index < -0.39 is 0 Å². The maximum absolute atomic E-state index is 12.0. The molecule has 0 aliphatic heterocycles. The number of benzene rings is 1. The number of halogens is 1. The van der Waals surface area contributed by atoms with Gasteiger partial charge < -0.3 is 14.6 Å². The highest BCUT2D eigenvalue weighted by Gasteiger charge is 2.12. The topological polar surface area (TPSA) is 56.1 Å². The molecule has 2 aromatic rings. The van der Waals surface area contributed by atoms with Crippen LogP contribution < -0.4 is 10.1 Å². The van der Waals surface area contributed by atoms with Crippen LogP contribution >= 0.6 is 15.9 Å². The molecule has 0 aliphatic rings. The standard InChI is InChI=1S/C12H12BrN3O2/c1-16-7-14-6-10(16)12(17)15-9-5-8(13)3-4-11(9)18-2/h3-7H,1-2H3,(H,15,17). The lowest BCUT2D eigenvalue weighted by Crippen LogP contribution is -2.15. The summed E-state index contributed by atoms with van der Waals surface area (Å²) < 4.78 is 7.71. The molecule has 18 heavy (non-hydrogen) atoms. The van der Waals surface area contributed by atoms with E-state index in [-0.39, 0.29) is 5.91 Å². The van der Waals surface area contributed by atoms with E-state index in [1.54, 1.807) is 37.2 Å². The van der Waals surface area contributed by atoms with Crippen LogP contribution in [-0.2, 0) is 7.05 Å². The van der Waals surface area contributed by atoms with Crippen LogP contribution in [0, 0.1) is 0 Å². The van der Waals surface area contributed by atoms with Gasteiger partial charge in [-0.3, -0.25) is 4.79 Å². The molecule has 2 rings (SSSR count). The Morgan fingerprint density at radius 2 is 2.28 bits per heavy atom. The molecule has 0 radical (unpaired) electrons. The van der Waals surface area contributed by atoms with E-state index in [1.165, 1.54) is 6.20 Å². The predicted octanol–water partition coefficient (Wildman–Crippen LogP) is 2.44. The van der Waals surface area contributed by atoms with Crippen molar-refractivity contribution in [2.24, 2.45) is 7.05 Å². The zero-order valence-corrected chi connectivity index (χ0v) is 11.6. The largest absolute Gasteiger partial charge is 0.495 e. The number of carbonyl (C=O) groups excluding carboxylic acids is 1. The van der Waals surface area contributed by atoms with E-state index in [2.05, 4.69) is 26.2 Å². The summed E-state index contributed by atoms with van der Waals surface area (Å²) >= 11 is 3.35. The summed E-state index contributed by atoms with van der Waals surface area (Å²) in [6, 6.07) is 5.41. The maximum atomic E-state index is 12.0. The third-order valence-corrected chi connectivity index (χ3v) is 2.95. The van der Waals surface area contributed by atoms with E-state index in [0.29, 0.717) is 17.1 Å². The second kappa shape index (κ2) is 5.22. The number of amides is 1. The average molecular weight is 310 g/mol. The van der Waals surface area contributed by atoms with Gasteiger partial charge in [0.25, 0.3) is 5.91 Å². The molecule has 0 aliphatic carbocycles. The van der Waals surface area contributed by atoms with Crippen molar-refractivity contribution >= 4 is 27.5 Å². The van der Waals surface area contributed by atoms with Gasteiger partial charge in [-0.2, -0.15) is 0 Å². The Morgan fingerprint density at radius 3 is 2.89 bits per heavy atom. The first-order valence-corrected chi connectivity index (χ1v) is 6.02. The quantitative estimate of drug-likeness (QED) is 0.947. The average Bonchev–Trinajstić information content (AvgIpc) is 2.76. The van der Waals surface area contributed by atoms with Crippen molar-refractivity contribution in [3.05, 3.63) is 40.9 Å². The number of imidazole rings is 1. The van der Waals surface area contributed by atoms with Crippen molar-refractivity contribution in [2.75, 3.05) is 12.4 Å². The molecule has 0 bridgehead atoms. The Labute approximate surface area is 113 Å². The second-order valence-electron chi connectivity index (χ2n) is 3.69. The minimum absolute atomic E-state index is 0.230. The van der Waals surface area contributed by atoms with E-state index in [0.717, 1.165) is 4.47 Å². The van der Waals surface area contributed by atoms with Crippen LogP contribution in [0.3, 0.4) is 0 Å². The van der Waals surface area contributed by atoms with E-state index in [9.17, 15) is 4.79 Å². The minimum Gasteiger partial charge on any atom is -0.495 e. The van der Waals surface area contributed by atoms with E-state index >= 15 is 0 Å². The number of nitrogens with one attached hydrogen (secondary N) is 1. The van der Waals surface area contributed by atoms with Crippen molar-refractivity contribution < 1.29 is 9.53 Å². The molecule has 94 valence electrons. The van der Waals surface area contributed by atoms with Crippen LogP contribution in [0.1, 0.15) is 10.5 Å². The third kappa shape index (κ3) is 2.53. The summed E-state index contributed by atoms with van der Waals surface area (Å²) in [5.74, 6) is 0.375. The van der Waals surface area contributed by atoms with Gasteiger partial charge in [0.05, 0.1) is 25.3 Å². The lowest BCUT2D eigenvalue weighted by atomic mass is 10.3. The number of carbonyl (C=O) groups is 1. The van der Waals surface area contributed by atoms with Crippen LogP contribution in [0.5, 0.6) is 5.75 Å². The van der Waals surface area contributed by atoms with Gasteiger partial charge in [0.1, 0.15) is 11.4 Å². The van der Waals surface area contributed by atoms with Crippen molar-refractivity contribution in [3.63, 3.8) is 0 Å². The minimum atomic E-state index is -0.230. The number of rotatable bonds is 3. The highest BCUT2D eigenvalue weighted by atomic mass is 79.9. The van der Waals surface area contributed by atoms with Crippen molar-refractivity contribution in [1.82, 2.24) is 9.55 Å². The monoisotopic (exact) mass is 309 g/mol. The van der Waals surface area contributed by atoms with Gasteiger partial charge in [-0.25, -0.2) is 4.98 Å². The Hall–Kier alpha value is -1.82. The number of hydrogen-bond acceptors (Lipinski definition) is 3. The molecule has 1 aromatic carbocycles. The fraction of sp³-hybridized carbons (Fsp3) is 0.167. The maximum Gasteiger partial charge on any atom is 0.274 e. The zero-order chi connectivity index (χ0) is 13.1. The molecular weight excluding hydrogens is 298 g/mol. The summed E-state index contributed by atoms with van der Waals surface area (Å²) in [6.07, 6.45) is 3.09. The summed E-state index contributed by atoms with van der Waals surface area (Å²) in [5, 5.41) is 2.79. The van der Waals surface area contributed by atoms with E-state index in [1.807, 2.05) is 6.07 Å². The normalized spacial score (nSPS) is 10.2. The van der Waals surface area contributed by atoms with Gasteiger partial charge in [0, 0.05) is 11.5 Å². The third-order valence-electron chi connectivity index (χ3n) is 2.46. The Balaban J connectivity index is 2.27. The SMILES string of the molecule is COc1ccc(Br)cc1NC(=O)c1cncn1C. The van der Waals surface area contributed by atoms with Gasteiger partial charge in [-0.15, -0.1) is 0 Å². The molecule has 0 saturated carbocycles. The first-order chi connectivity index (χ1) is 8.61. The van der Waals surface area contributed by atoms with Gasteiger partial charge in [-0.1, -0.05) is 15.9 Å². The predicted molar refractivity (Wildman–Crippen MR) is 71.9 cm³/mol. The molecule has 0 fully saturated rings. The van der Waals surface area contributed by atoms with Gasteiger partial charge in [0.2, 0.25) is 0 Å². The Kier molecular flexibility index (Phi) is 3.66. The first-order valence-electron chi connectivity index (χ1n) is 5.23. The molecule has 6 heteroatoms. The molecule has 1 N–H and O–H groups in total. The van der Waals surface area contributed by atoms with Crippen LogP contribution in [0.2, 0.25) is 0 Å². The molecule has 0 spiro atoms. The highest BCUT2D eigenvalue weighted by Crippen LogP contribution is 2.28. The molecule has 1 amide bonds. The number of nitrogens with zero attached hydrogens (tertiary/aromatic N) is 2. The van der Waals surface area contributed by atoms with Crippen molar-refractivity contribution in [1.29, 1.82) is 0 Å². The number of hydrogen-bond donors (Lipinski definition) is 1. The van der Waals surface area contributed by atoms with Crippen molar-refractivity contribution in [3.8, 4) is 5.75 Å². The summed E-state index contributed by atoms with van der Waals surface area (Å²) in [7, 11) is 3.32. The molecular formula is C12H12BrN3O2. The molecule has 0 unspecified atom stereocenters. The summed E-state index contributed by atoms with van der Waals surface area (Å²) in [4.78, 5) is 15.9.